The molecule has 7 heteroatoms. The number of carbonyl (C=O) groups is 2. The monoisotopic (exact) mass is 226 g/mol. The number of carbonyl (C=O) groups excluding carboxylic acids is 2. The Labute approximate surface area is 86.4 Å². The second-order valence-corrected chi connectivity index (χ2v) is 3.74. The van der Waals surface area contributed by atoms with E-state index < -0.39 is 22.9 Å². The van der Waals surface area contributed by atoms with Gasteiger partial charge < -0.3 is 4.55 Å². The first kappa shape index (κ1) is 9.97. The zero-order chi connectivity index (χ0) is 11.2. The van der Waals surface area contributed by atoms with E-state index in [0.717, 1.165) is 0 Å². The Bertz CT molecular complexity index is 498. The van der Waals surface area contributed by atoms with E-state index in [9.17, 15) is 18.4 Å². The van der Waals surface area contributed by atoms with Crippen LogP contribution in [-0.4, -0.2) is 30.8 Å². The van der Waals surface area contributed by atoms with Crippen molar-refractivity contribution < 1.29 is 23.6 Å². The zero-order valence-electron chi connectivity index (χ0n) is 7.17. The summed E-state index contributed by atoms with van der Waals surface area (Å²) in [5.74, 6) is -1.93. The molecule has 1 aliphatic heterocycles. The molecule has 78 valence electrons. The summed E-state index contributed by atoms with van der Waals surface area (Å²) in [5, 5.41) is 8.93. The first-order chi connectivity index (χ1) is 7.04. The summed E-state index contributed by atoms with van der Waals surface area (Å²) in [5.41, 5.74) is -0.387. The van der Waals surface area contributed by atoms with Gasteiger partial charge in [-0.2, -0.15) is 0 Å². The van der Waals surface area contributed by atoms with Crippen LogP contribution in [0.15, 0.2) is 23.1 Å². The Balaban J connectivity index is 2.74. The smallest absolute Gasteiger partial charge is 0.286 e. The molecule has 0 radical (unpaired) electrons. The number of imide groups is 1. The summed E-state index contributed by atoms with van der Waals surface area (Å²) in [4.78, 5) is 22.3. The maximum Gasteiger partial charge on any atom is 0.286 e. The van der Waals surface area contributed by atoms with Gasteiger partial charge in [0.1, 0.15) is 0 Å². The predicted octanol–water partition coefficient (Wildman–Crippen LogP) is -0.0902. The molecule has 1 aromatic carbocycles. The van der Waals surface area contributed by atoms with Crippen LogP contribution in [0.5, 0.6) is 0 Å². The molecule has 2 amide bonds. The number of hydrogen-bond donors (Lipinski definition) is 1. The van der Waals surface area contributed by atoms with Crippen molar-refractivity contribution in [1.82, 2.24) is 5.06 Å². The van der Waals surface area contributed by atoms with E-state index in [2.05, 4.69) is 0 Å². The van der Waals surface area contributed by atoms with Gasteiger partial charge in [-0.25, -0.2) is 0 Å². The number of amides is 2. The molecule has 1 heterocycles. The molecular formula is C8H4NO5S-. The van der Waals surface area contributed by atoms with Gasteiger partial charge in [-0.15, -0.1) is 5.06 Å². The van der Waals surface area contributed by atoms with Gasteiger partial charge in [0.05, 0.1) is 11.1 Å². The third-order valence-electron chi connectivity index (χ3n) is 2.03. The molecule has 0 saturated carbocycles. The normalized spacial score (nSPS) is 16.8. The van der Waals surface area contributed by atoms with Gasteiger partial charge in [-0.05, 0) is 23.2 Å². The van der Waals surface area contributed by atoms with Crippen molar-refractivity contribution >= 4 is 22.9 Å². The van der Waals surface area contributed by atoms with Crippen molar-refractivity contribution in [3.05, 3.63) is 29.3 Å². The predicted molar refractivity (Wildman–Crippen MR) is 45.9 cm³/mol. The fraction of sp³-hybridized carbons (Fsp3) is 0. The van der Waals surface area contributed by atoms with Gasteiger partial charge in [0.25, 0.3) is 11.8 Å². The molecule has 0 bridgehead atoms. The third-order valence-corrected chi connectivity index (χ3v) is 2.73. The molecule has 0 aromatic heterocycles. The number of benzene rings is 1. The first-order valence-electron chi connectivity index (χ1n) is 3.84. The maximum atomic E-state index is 11.3. The van der Waals surface area contributed by atoms with Crippen LogP contribution in [-0.2, 0) is 11.1 Å². The molecular weight excluding hydrogens is 222 g/mol. The van der Waals surface area contributed by atoms with Crippen molar-refractivity contribution in [1.29, 1.82) is 0 Å². The highest BCUT2D eigenvalue weighted by Crippen LogP contribution is 2.26. The van der Waals surface area contributed by atoms with Crippen molar-refractivity contribution in [3.8, 4) is 0 Å². The van der Waals surface area contributed by atoms with E-state index in [0.29, 0.717) is 0 Å². The quantitative estimate of drug-likeness (QED) is 0.410. The summed E-state index contributed by atoms with van der Waals surface area (Å²) in [7, 11) is 0. The molecule has 1 unspecified atom stereocenters. The van der Waals surface area contributed by atoms with E-state index in [1.807, 2.05) is 0 Å². The van der Waals surface area contributed by atoms with Gasteiger partial charge >= 0.3 is 0 Å². The van der Waals surface area contributed by atoms with Crippen molar-refractivity contribution in [3.63, 3.8) is 0 Å². The molecule has 0 spiro atoms. The van der Waals surface area contributed by atoms with Crippen LogP contribution in [0.1, 0.15) is 20.7 Å². The summed E-state index contributed by atoms with van der Waals surface area (Å²) in [6.07, 6.45) is 0. The van der Waals surface area contributed by atoms with Crippen LogP contribution in [0.4, 0.5) is 0 Å². The summed E-state index contributed by atoms with van der Waals surface area (Å²) in [6.45, 7) is 0. The number of fused-ring (bicyclic) bond motifs is 1. The van der Waals surface area contributed by atoms with Crippen LogP contribution in [0.25, 0.3) is 0 Å². The SMILES string of the molecule is O=C1c2cccc(S(=O)[O-])c2C(=O)N1O. The lowest BCUT2D eigenvalue weighted by atomic mass is 10.1. The van der Waals surface area contributed by atoms with E-state index in [-0.39, 0.29) is 21.1 Å². The minimum atomic E-state index is -2.62. The fourth-order valence-corrected chi connectivity index (χ4v) is 1.93. The molecule has 15 heavy (non-hydrogen) atoms. The number of hydroxylamine groups is 2. The van der Waals surface area contributed by atoms with Gasteiger partial charge in [0.15, 0.2) is 0 Å². The van der Waals surface area contributed by atoms with Gasteiger partial charge in [0.2, 0.25) is 0 Å². The zero-order valence-corrected chi connectivity index (χ0v) is 7.98. The second-order valence-electron chi connectivity index (χ2n) is 2.84. The Morgan fingerprint density at radius 1 is 1.27 bits per heavy atom. The third kappa shape index (κ3) is 1.29. The minimum absolute atomic E-state index is 0.0962. The van der Waals surface area contributed by atoms with Crippen LogP contribution < -0.4 is 0 Å². The molecule has 6 nitrogen and oxygen atoms in total. The maximum absolute atomic E-state index is 11.3. The lowest BCUT2D eigenvalue weighted by Crippen LogP contribution is -2.25. The van der Waals surface area contributed by atoms with E-state index in [1.54, 1.807) is 0 Å². The lowest BCUT2D eigenvalue weighted by molar-refractivity contribution is -0.0328. The molecule has 1 N–H and O–H groups in total. The van der Waals surface area contributed by atoms with Crippen molar-refractivity contribution in [2.24, 2.45) is 0 Å². The van der Waals surface area contributed by atoms with Crippen molar-refractivity contribution in [2.45, 2.75) is 4.90 Å². The number of rotatable bonds is 1. The van der Waals surface area contributed by atoms with E-state index >= 15 is 0 Å². The minimum Gasteiger partial charge on any atom is -0.768 e. The summed E-state index contributed by atoms with van der Waals surface area (Å²) in [6, 6.07) is 3.79. The highest BCUT2D eigenvalue weighted by atomic mass is 32.2. The highest BCUT2D eigenvalue weighted by Gasteiger charge is 2.36. The van der Waals surface area contributed by atoms with Crippen LogP contribution in [0.3, 0.4) is 0 Å². The molecule has 2 rings (SSSR count). The summed E-state index contributed by atoms with van der Waals surface area (Å²) < 4.78 is 21.5. The second kappa shape index (κ2) is 3.23. The fourth-order valence-electron chi connectivity index (χ4n) is 1.38. The molecule has 0 saturated heterocycles. The number of hydrogen-bond acceptors (Lipinski definition) is 5. The van der Waals surface area contributed by atoms with Gasteiger partial charge in [-0.3, -0.25) is 19.0 Å². The first-order valence-corrected chi connectivity index (χ1v) is 4.91. The standard InChI is InChI=1S/C8H5NO5S/c10-7-4-2-1-3-5(15(13)14)6(4)8(11)9(7)12/h1-3,12H,(H,13,14)/p-1. The highest BCUT2D eigenvalue weighted by molar-refractivity contribution is 7.79. The molecule has 1 atom stereocenters. The Morgan fingerprint density at radius 2 is 1.93 bits per heavy atom. The van der Waals surface area contributed by atoms with Crippen LogP contribution >= 0.6 is 0 Å². The Kier molecular flexibility index (Phi) is 2.14. The van der Waals surface area contributed by atoms with E-state index in [4.69, 9.17) is 5.21 Å². The van der Waals surface area contributed by atoms with E-state index in [1.165, 1.54) is 18.2 Å². The topological polar surface area (TPSA) is 97.7 Å². The lowest BCUT2D eigenvalue weighted by Gasteiger charge is -2.07. The van der Waals surface area contributed by atoms with Gasteiger partial charge in [-0.1, -0.05) is 6.07 Å². The molecule has 1 aromatic rings. The van der Waals surface area contributed by atoms with Crippen LogP contribution in [0, 0.1) is 0 Å². The average molecular weight is 226 g/mol. The van der Waals surface area contributed by atoms with Crippen molar-refractivity contribution in [2.75, 3.05) is 0 Å². The largest absolute Gasteiger partial charge is 0.768 e. The molecule has 1 aliphatic rings. The number of nitrogens with zero attached hydrogens (tertiary/aromatic N) is 1. The van der Waals surface area contributed by atoms with Gasteiger partial charge in [0, 0.05) is 4.90 Å². The summed E-state index contributed by atoms with van der Waals surface area (Å²) >= 11 is -2.62. The Hall–Kier alpha value is -1.57. The average Bonchev–Trinajstić information content (AvgIpc) is 2.44. The molecule has 0 aliphatic carbocycles. The van der Waals surface area contributed by atoms with Crippen LogP contribution in [0.2, 0.25) is 0 Å². The molecule has 0 fully saturated rings. The Morgan fingerprint density at radius 3 is 2.53 bits per heavy atom.